The van der Waals surface area contributed by atoms with E-state index in [1.807, 2.05) is 34.6 Å². The highest BCUT2D eigenvalue weighted by Gasteiger charge is 2.70. The molecule has 0 bridgehead atoms. The van der Waals surface area contributed by atoms with Crippen LogP contribution < -0.4 is 21.7 Å². The third-order valence-corrected chi connectivity index (χ3v) is 10.7. The Morgan fingerprint density at radius 1 is 1.06 bits per heavy atom. The summed E-state index contributed by atoms with van der Waals surface area (Å²) < 4.78 is 10.8. The smallest absolute Gasteiger partial charge is 0.332 e. The lowest BCUT2D eigenvalue weighted by Gasteiger charge is -2.39. The molecule has 5 amide bonds. The van der Waals surface area contributed by atoms with Crippen molar-refractivity contribution < 1.29 is 37.9 Å². The first-order chi connectivity index (χ1) is 22.0. The topological polar surface area (TPSA) is 190 Å². The van der Waals surface area contributed by atoms with E-state index in [9.17, 15) is 28.8 Å². The number of carbonyl (C=O) groups excluding carboxylic acids is 6. The summed E-state index contributed by atoms with van der Waals surface area (Å²) in [6.07, 6.45) is 6.78. The number of amides is 5. The summed E-state index contributed by atoms with van der Waals surface area (Å²) in [6.45, 7) is 9.78. The monoisotopic (exact) mass is 655 g/mol. The average Bonchev–Trinajstić information content (AvgIpc) is 3.71. The molecule has 1 aromatic heterocycles. The van der Waals surface area contributed by atoms with Crippen molar-refractivity contribution >= 4 is 35.5 Å². The van der Waals surface area contributed by atoms with Gasteiger partial charge in [0.15, 0.2) is 0 Å². The van der Waals surface area contributed by atoms with Gasteiger partial charge in [-0.2, -0.15) is 0 Å². The van der Waals surface area contributed by atoms with Gasteiger partial charge in [0.05, 0.1) is 12.3 Å². The van der Waals surface area contributed by atoms with Crippen LogP contribution in [0.2, 0.25) is 0 Å². The van der Waals surface area contributed by atoms with Gasteiger partial charge in [-0.05, 0) is 60.0 Å². The highest BCUT2D eigenvalue weighted by Crippen LogP contribution is 2.65. The second-order valence-corrected chi connectivity index (χ2v) is 15.6. The molecule has 0 aromatic carbocycles. The third kappa shape index (κ3) is 7.33. The van der Waals surface area contributed by atoms with E-state index in [-0.39, 0.29) is 29.8 Å². The molecule has 0 spiro atoms. The normalized spacial score (nSPS) is 25.5. The number of nitrogens with two attached hydrogens (primary N) is 1. The lowest BCUT2D eigenvalue weighted by molar-refractivity contribution is -0.154. The second kappa shape index (κ2) is 13.0. The molecule has 4 aliphatic rings. The summed E-state index contributed by atoms with van der Waals surface area (Å²) in [5.74, 6) is -2.84. The number of ether oxygens (including phenoxy) is 1. The van der Waals surface area contributed by atoms with E-state index in [0.29, 0.717) is 31.6 Å². The first-order valence-electron chi connectivity index (χ1n) is 16.8. The van der Waals surface area contributed by atoms with Crippen molar-refractivity contribution in [3.8, 4) is 0 Å². The van der Waals surface area contributed by atoms with Gasteiger partial charge in [-0.25, -0.2) is 9.59 Å². The highest BCUT2D eigenvalue weighted by molar-refractivity contribution is 6.37. The number of esters is 1. The molecule has 5 atom stereocenters. The first kappa shape index (κ1) is 34.4. The molecule has 3 saturated carbocycles. The van der Waals surface area contributed by atoms with Crippen LogP contribution in [-0.2, 0) is 35.3 Å². The zero-order chi connectivity index (χ0) is 34.3. The lowest BCUT2D eigenvalue weighted by atomic mass is 9.81. The summed E-state index contributed by atoms with van der Waals surface area (Å²) in [6, 6.07) is -0.278. The van der Waals surface area contributed by atoms with E-state index in [2.05, 4.69) is 16.0 Å². The third-order valence-electron chi connectivity index (χ3n) is 10.7. The van der Waals surface area contributed by atoms with Gasteiger partial charge in [0, 0.05) is 6.54 Å². The molecule has 2 unspecified atom stereocenters. The Morgan fingerprint density at radius 2 is 1.74 bits per heavy atom. The Labute approximate surface area is 275 Å². The van der Waals surface area contributed by atoms with Crippen molar-refractivity contribution in [3.05, 3.63) is 24.2 Å². The highest BCUT2D eigenvalue weighted by atomic mass is 16.5. The predicted octanol–water partition coefficient (Wildman–Crippen LogP) is 2.56. The number of furan rings is 1. The summed E-state index contributed by atoms with van der Waals surface area (Å²) in [4.78, 5) is 81.1. The summed E-state index contributed by atoms with van der Waals surface area (Å²) in [5.41, 5.74) is 3.07. The molecular weight excluding hydrogens is 606 g/mol. The quantitative estimate of drug-likeness (QED) is 0.195. The molecule has 0 radical (unpaired) electrons. The van der Waals surface area contributed by atoms with Crippen LogP contribution in [0.1, 0.15) is 91.7 Å². The number of carbonyl (C=O) groups is 6. The predicted molar refractivity (Wildman–Crippen MR) is 169 cm³/mol. The molecule has 5 rings (SSSR count). The van der Waals surface area contributed by atoms with Gasteiger partial charge in [-0.15, -0.1) is 0 Å². The van der Waals surface area contributed by atoms with Gasteiger partial charge in [0.25, 0.3) is 5.91 Å². The van der Waals surface area contributed by atoms with E-state index in [1.54, 1.807) is 12.1 Å². The summed E-state index contributed by atoms with van der Waals surface area (Å²) in [7, 11) is 0. The molecule has 1 saturated heterocycles. The molecule has 13 heteroatoms. The second-order valence-electron chi connectivity index (χ2n) is 15.6. The van der Waals surface area contributed by atoms with E-state index >= 15 is 0 Å². The Morgan fingerprint density at radius 3 is 2.32 bits per heavy atom. The minimum Gasteiger partial charge on any atom is -0.466 e. The van der Waals surface area contributed by atoms with E-state index in [1.165, 1.54) is 11.2 Å². The van der Waals surface area contributed by atoms with Gasteiger partial charge in [-0.1, -0.05) is 66.7 Å². The van der Waals surface area contributed by atoms with E-state index in [4.69, 9.17) is 14.9 Å². The van der Waals surface area contributed by atoms with Crippen LogP contribution in [0.5, 0.6) is 0 Å². The minimum absolute atomic E-state index is 0.0554. The van der Waals surface area contributed by atoms with Crippen LogP contribution in [0.25, 0.3) is 0 Å². The lowest BCUT2D eigenvalue weighted by Crippen LogP contribution is -2.64. The Hall–Kier alpha value is -3.90. The SMILES string of the molecule is CC(C)(C)[C@H](NC(=O)NC1(C(=O)OCc2ccco2)CCCCC1)C(=O)N1CC2[C@@H]([C@H]1C(=O)NC(CC1CC1)C(=O)C(N)=O)C2(C)C. The van der Waals surface area contributed by atoms with E-state index < -0.39 is 64.6 Å². The molecular formula is C34H49N5O8. The van der Waals surface area contributed by atoms with Crippen molar-refractivity contribution in [2.75, 3.05) is 6.54 Å². The van der Waals surface area contributed by atoms with Crippen LogP contribution in [0, 0.1) is 28.6 Å². The summed E-state index contributed by atoms with van der Waals surface area (Å²) >= 11 is 0. The molecule has 13 nitrogen and oxygen atoms in total. The maximum atomic E-state index is 14.3. The van der Waals surface area contributed by atoms with Gasteiger partial charge in [0.2, 0.25) is 17.6 Å². The zero-order valence-corrected chi connectivity index (χ0v) is 28.1. The average molecular weight is 656 g/mol. The maximum Gasteiger partial charge on any atom is 0.332 e. The van der Waals surface area contributed by atoms with E-state index in [0.717, 1.165) is 32.1 Å². The number of likely N-dealkylation sites (tertiary alicyclic amines) is 1. The van der Waals surface area contributed by atoms with Crippen molar-refractivity contribution in [1.82, 2.24) is 20.9 Å². The van der Waals surface area contributed by atoms with Crippen molar-refractivity contribution in [1.29, 1.82) is 0 Å². The number of urea groups is 1. The van der Waals surface area contributed by atoms with Crippen LogP contribution in [0.4, 0.5) is 4.79 Å². The molecule has 2 heterocycles. The van der Waals surface area contributed by atoms with Crippen molar-refractivity contribution in [2.45, 2.75) is 116 Å². The number of ketones is 1. The maximum absolute atomic E-state index is 14.3. The zero-order valence-electron chi connectivity index (χ0n) is 28.1. The van der Waals surface area contributed by atoms with Crippen molar-refractivity contribution in [3.63, 3.8) is 0 Å². The fraction of sp³-hybridized carbons (Fsp3) is 0.706. The number of hydrogen-bond donors (Lipinski definition) is 4. The number of rotatable bonds is 12. The fourth-order valence-electron chi connectivity index (χ4n) is 7.56. The molecule has 1 aliphatic heterocycles. The Balaban J connectivity index is 1.32. The minimum atomic E-state index is -1.26. The number of hydrogen-bond acceptors (Lipinski definition) is 8. The number of nitrogens with one attached hydrogen (secondary N) is 3. The van der Waals surface area contributed by atoms with Crippen LogP contribution in [0.15, 0.2) is 22.8 Å². The Kier molecular flexibility index (Phi) is 9.49. The number of fused-ring (bicyclic) bond motifs is 1. The van der Waals surface area contributed by atoms with Gasteiger partial charge < -0.3 is 35.7 Å². The standard InChI is InChI=1S/C34H49N5O8/c1-32(2,3)26(37-31(45)38-34(13-7-6-8-14-34)30(44)47-18-20-10-9-15-46-20)29(43)39-17-21-23(33(21,4)5)24(39)28(42)36-22(16-19-11-12-19)25(40)27(35)41/h9-10,15,19,21-24,26H,6-8,11-14,16-18H2,1-5H3,(H2,35,41)(H,36,42)(H2,37,38,45)/t21?,22?,23-,24-,26+/m0/s1. The molecule has 5 N–H and O–H groups in total. The van der Waals surface area contributed by atoms with Crippen LogP contribution in [-0.4, -0.2) is 70.6 Å². The van der Waals surface area contributed by atoms with Gasteiger partial charge >= 0.3 is 12.0 Å². The van der Waals surface area contributed by atoms with Crippen LogP contribution >= 0.6 is 0 Å². The fourth-order valence-corrected chi connectivity index (χ4v) is 7.56. The summed E-state index contributed by atoms with van der Waals surface area (Å²) in [5, 5.41) is 8.46. The molecule has 1 aromatic rings. The number of primary amides is 1. The number of nitrogens with zero attached hydrogens (tertiary/aromatic N) is 1. The first-order valence-corrected chi connectivity index (χ1v) is 16.8. The molecule has 47 heavy (non-hydrogen) atoms. The largest absolute Gasteiger partial charge is 0.466 e. The molecule has 4 fully saturated rings. The van der Waals surface area contributed by atoms with Gasteiger partial charge in [-0.3, -0.25) is 19.2 Å². The molecule has 3 aliphatic carbocycles. The van der Waals surface area contributed by atoms with Crippen LogP contribution in [0.3, 0.4) is 0 Å². The Bertz CT molecular complexity index is 1390. The number of Topliss-reactive ketones (excluding diaryl/α,β-unsaturated/α-hetero) is 1. The van der Waals surface area contributed by atoms with Crippen molar-refractivity contribution in [2.24, 2.45) is 34.3 Å². The van der Waals surface area contributed by atoms with Gasteiger partial charge in [0.1, 0.15) is 30.0 Å². The molecule has 258 valence electrons. The number of piperidine rings is 1.